The number of nitrogens with one attached hydrogen (secondary N) is 1. The van der Waals surface area contributed by atoms with E-state index in [2.05, 4.69) is 11.3 Å². The number of benzene rings is 4. The molecule has 4 rings (SSSR count). The van der Waals surface area contributed by atoms with Crippen LogP contribution in [0.4, 0.5) is 13.2 Å². The van der Waals surface area contributed by atoms with Crippen LogP contribution in [0.2, 0.25) is 0 Å². The molecule has 0 bridgehead atoms. The van der Waals surface area contributed by atoms with Crippen LogP contribution in [0, 0.1) is 0 Å². The molecule has 0 saturated carbocycles. The third kappa shape index (κ3) is 6.30. The highest BCUT2D eigenvalue weighted by Gasteiger charge is 2.39. The van der Waals surface area contributed by atoms with Crippen LogP contribution in [0.5, 0.6) is 0 Å². The Labute approximate surface area is 240 Å². The molecule has 1 unspecified atom stereocenters. The lowest BCUT2D eigenvalue weighted by molar-refractivity contribution is -0.138. The molecule has 2 N–H and O–H groups in total. The Hall–Kier alpha value is -4.26. The molecule has 218 valence electrons. The minimum absolute atomic E-state index is 0.0824. The largest absolute Gasteiger partial charge is 0.478 e. The van der Waals surface area contributed by atoms with Crippen LogP contribution in [0.25, 0.3) is 11.1 Å². The number of aromatic carboxylic acids is 1. The number of carboxylic acid groups (broad SMARTS) is 1. The van der Waals surface area contributed by atoms with Crippen molar-refractivity contribution < 1.29 is 39.9 Å². The van der Waals surface area contributed by atoms with Crippen LogP contribution >= 0.6 is 0 Å². The van der Waals surface area contributed by atoms with Crippen LogP contribution in [-0.2, 0) is 32.6 Å². The van der Waals surface area contributed by atoms with E-state index in [9.17, 15) is 39.9 Å². The molecule has 0 radical (unpaired) electrons. The first-order valence-corrected chi connectivity index (χ1v) is 15.3. The van der Waals surface area contributed by atoms with Gasteiger partial charge in [0.2, 0.25) is 19.9 Å². The Morgan fingerprint density at radius 2 is 1.48 bits per heavy atom. The van der Waals surface area contributed by atoms with Crippen molar-refractivity contribution >= 4 is 25.8 Å². The third-order valence-electron chi connectivity index (χ3n) is 6.49. The van der Waals surface area contributed by atoms with Gasteiger partial charge in [0.05, 0.1) is 20.9 Å². The topological polar surface area (TPSA) is 118 Å². The zero-order valence-electron chi connectivity index (χ0n) is 21.7. The van der Waals surface area contributed by atoms with Gasteiger partial charge in [-0.25, -0.2) is 26.4 Å². The van der Waals surface area contributed by atoms with E-state index >= 15 is 0 Å². The summed E-state index contributed by atoms with van der Waals surface area (Å²) in [5, 5.41) is 7.71. The second-order valence-corrected chi connectivity index (χ2v) is 12.9. The third-order valence-corrected chi connectivity index (χ3v) is 9.92. The van der Waals surface area contributed by atoms with Gasteiger partial charge in [-0.3, -0.25) is 0 Å². The smallest absolute Gasteiger partial charge is 0.416 e. The first-order chi connectivity index (χ1) is 19.8. The molecule has 42 heavy (non-hydrogen) atoms. The lowest BCUT2D eigenvalue weighted by Gasteiger charge is -2.22. The van der Waals surface area contributed by atoms with Gasteiger partial charge in [-0.15, -0.1) is 6.58 Å². The molecule has 1 atom stereocenters. The summed E-state index contributed by atoms with van der Waals surface area (Å²) in [7, 11) is -9.03. The van der Waals surface area contributed by atoms with Crippen molar-refractivity contribution in [3.8, 4) is 11.1 Å². The van der Waals surface area contributed by atoms with Crippen molar-refractivity contribution in [3.63, 3.8) is 0 Å². The molecule has 0 aliphatic rings. The van der Waals surface area contributed by atoms with Crippen LogP contribution < -0.4 is 4.72 Å². The van der Waals surface area contributed by atoms with Crippen LogP contribution in [0.3, 0.4) is 0 Å². The van der Waals surface area contributed by atoms with Gasteiger partial charge >= 0.3 is 12.1 Å². The number of rotatable bonds is 10. The Morgan fingerprint density at radius 3 is 2.05 bits per heavy atom. The lowest BCUT2D eigenvalue weighted by Crippen LogP contribution is -2.30. The average molecular weight is 616 g/mol. The van der Waals surface area contributed by atoms with Gasteiger partial charge < -0.3 is 5.11 Å². The molecule has 0 aromatic heterocycles. The summed E-state index contributed by atoms with van der Waals surface area (Å²) in [6.07, 6.45) is -4.27. The van der Waals surface area contributed by atoms with E-state index in [1.165, 1.54) is 36.4 Å². The number of alkyl halides is 3. The average Bonchev–Trinajstić information content (AvgIpc) is 2.96. The molecule has 12 heteroatoms. The fraction of sp³-hybridized carbons (Fsp3) is 0.100. The maximum atomic E-state index is 14.1. The first-order valence-electron chi connectivity index (χ1n) is 12.3. The zero-order chi connectivity index (χ0) is 30.7. The van der Waals surface area contributed by atoms with E-state index in [0.29, 0.717) is 23.3 Å². The highest BCUT2D eigenvalue weighted by Crippen LogP contribution is 2.39. The van der Waals surface area contributed by atoms with Crippen LogP contribution in [-0.4, -0.2) is 27.9 Å². The summed E-state index contributed by atoms with van der Waals surface area (Å²) in [6.45, 7) is 2.83. The second-order valence-electron chi connectivity index (χ2n) is 9.09. The summed E-state index contributed by atoms with van der Waals surface area (Å²) < 4.78 is 97.8. The van der Waals surface area contributed by atoms with Crippen molar-refractivity contribution in [2.24, 2.45) is 0 Å². The molecule has 0 amide bonds. The van der Waals surface area contributed by atoms with Crippen molar-refractivity contribution in [1.82, 2.24) is 4.72 Å². The van der Waals surface area contributed by atoms with Crippen LogP contribution in [0.15, 0.2) is 120 Å². The summed E-state index contributed by atoms with van der Waals surface area (Å²) in [5.41, 5.74) is -1.34. The molecule has 7 nitrogen and oxygen atoms in total. The number of carbonyl (C=O) groups is 1. The Kier molecular flexibility index (Phi) is 8.71. The summed E-state index contributed by atoms with van der Waals surface area (Å²) >= 11 is 0. The maximum Gasteiger partial charge on any atom is 0.416 e. The molecular formula is C30H24F3NO6S2. The van der Waals surface area contributed by atoms with Gasteiger partial charge in [-0.2, -0.15) is 13.2 Å². The molecule has 0 heterocycles. The molecule has 0 fully saturated rings. The van der Waals surface area contributed by atoms with E-state index in [1.54, 1.807) is 42.5 Å². The highest BCUT2D eigenvalue weighted by atomic mass is 32.2. The molecule has 0 aliphatic heterocycles. The number of halogens is 3. The fourth-order valence-corrected chi connectivity index (χ4v) is 7.11. The predicted molar refractivity (Wildman–Crippen MR) is 151 cm³/mol. The number of hydrogen-bond acceptors (Lipinski definition) is 5. The zero-order valence-corrected chi connectivity index (χ0v) is 23.4. The van der Waals surface area contributed by atoms with Crippen molar-refractivity contribution in [3.05, 3.63) is 132 Å². The van der Waals surface area contributed by atoms with Crippen molar-refractivity contribution in [1.29, 1.82) is 0 Å². The van der Waals surface area contributed by atoms with Gasteiger partial charge in [0.15, 0.2) is 0 Å². The minimum atomic E-state index is -5.03. The van der Waals surface area contributed by atoms with Gasteiger partial charge in [0.1, 0.15) is 5.25 Å². The van der Waals surface area contributed by atoms with Crippen LogP contribution in [0.1, 0.15) is 32.3 Å². The maximum absolute atomic E-state index is 14.1. The normalized spacial score (nSPS) is 12.9. The van der Waals surface area contributed by atoms with E-state index in [4.69, 9.17) is 0 Å². The monoisotopic (exact) mass is 615 g/mol. The number of sulfone groups is 1. The standard InChI is InChI=1S/C30H24F3NO6S2/c1-2-28(25-18-22(16-17-27(25)30(31,32)33)41(37,38)21-12-7-4-8-13-21)42(39,40)34-19-26-23(20-10-5-3-6-11-20)14-9-15-24(26)29(35)36/h2-18,28,34H,1,19H2,(H,35,36). The van der Waals surface area contributed by atoms with Crippen molar-refractivity contribution in [2.75, 3.05) is 0 Å². The molecule has 0 saturated heterocycles. The molecular weight excluding hydrogens is 591 g/mol. The molecule has 4 aromatic rings. The first kappa shape index (κ1) is 30.7. The number of sulfonamides is 1. The summed E-state index contributed by atoms with van der Waals surface area (Å²) in [5.74, 6) is -1.33. The highest BCUT2D eigenvalue weighted by molar-refractivity contribution is 7.91. The summed E-state index contributed by atoms with van der Waals surface area (Å²) in [4.78, 5) is 11.2. The summed E-state index contributed by atoms with van der Waals surface area (Å²) in [6, 6.07) is 21.9. The predicted octanol–water partition coefficient (Wildman–Crippen LogP) is 6.25. The minimum Gasteiger partial charge on any atom is -0.478 e. The van der Waals surface area contributed by atoms with Gasteiger partial charge in [-0.1, -0.05) is 66.7 Å². The quantitative estimate of drug-likeness (QED) is 0.204. The van der Waals surface area contributed by atoms with E-state index in [-0.39, 0.29) is 16.0 Å². The fourth-order valence-electron chi connectivity index (χ4n) is 4.49. The van der Waals surface area contributed by atoms with Gasteiger partial charge in [0, 0.05) is 6.54 Å². The Bertz CT molecular complexity index is 1840. The number of carboxylic acids is 1. The second kappa shape index (κ2) is 11.9. The Morgan fingerprint density at radius 1 is 0.857 bits per heavy atom. The van der Waals surface area contributed by atoms with Gasteiger partial charge in [-0.05, 0) is 58.7 Å². The van der Waals surface area contributed by atoms with Crippen molar-refractivity contribution in [2.45, 2.75) is 27.8 Å². The SMILES string of the molecule is C=CC(c1cc(S(=O)(=O)c2ccccc2)ccc1C(F)(F)F)S(=O)(=O)NCc1c(C(=O)O)cccc1-c1ccccc1. The van der Waals surface area contributed by atoms with E-state index in [0.717, 1.165) is 12.1 Å². The molecule has 0 spiro atoms. The lowest BCUT2D eigenvalue weighted by atomic mass is 9.95. The van der Waals surface area contributed by atoms with E-state index < -0.39 is 59.8 Å². The molecule has 4 aromatic carbocycles. The number of hydrogen-bond donors (Lipinski definition) is 2. The molecule has 0 aliphatic carbocycles. The van der Waals surface area contributed by atoms with E-state index in [1.807, 2.05) is 0 Å². The van der Waals surface area contributed by atoms with Gasteiger partial charge in [0.25, 0.3) is 0 Å². The Balaban J connectivity index is 1.80.